The van der Waals surface area contributed by atoms with E-state index < -0.39 is 0 Å². The standard InChI is InChI=1S/C17H18BrNO2/c1-12(13-7-5-8-15(18)10-13)19-11-14-6-3-4-9-16(14)17(20)21-2/h3-10,12,19H,11H2,1-2H3. The Kier molecular flexibility index (Phi) is 5.53. The van der Waals surface area contributed by atoms with Gasteiger partial charge < -0.3 is 10.1 Å². The number of halogens is 1. The van der Waals surface area contributed by atoms with Crippen molar-refractivity contribution in [2.24, 2.45) is 0 Å². The predicted molar refractivity (Wildman–Crippen MR) is 87.2 cm³/mol. The maximum atomic E-state index is 11.7. The second-order valence-corrected chi connectivity index (χ2v) is 5.72. The van der Waals surface area contributed by atoms with Crippen molar-refractivity contribution in [2.75, 3.05) is 7.11 Å². The van der Waals surface area contributed by atoms with Crippen LogP contribution in [0.25, 0.3) is 0 Å². The molecule has 0 aliphatic rings. The summed E-state index contributed by atoms with van der Waals surface area (Å²) in [6.45, 7) is 2.71. The van der Waals surface area contributed by atoms with Gasteiger partial charge in [-0.05, 0) is 36.2 Å². The lowest BCUT2D eigenvalue weighted by atomic mass is 10.1. The van der Waals surface area contributed by atoms with Crippen LogP contribution in [0.15, 0.2) is 53.0 Å². The molecule has 0 aromatic heterocycles. The second-order valence-electron chi connectivity index (χ2n) is 4.81. The summed E-state index contributed by atoms with van der Waals surface area (Å²) in [6, 6.07) is 15.9. The molecule has 1 N–H and O–H groups in total. The van der Waals surface area contributed by atoms with E-state index in [2.05, 4.69) is 40.3 Å². The number of rotatable bonds is 5. The SMILES string of the molecule is COC(=O)c1ccccc1CNC(C)c1cccc(Br)c1. The maximum Gasteiger partial charge on any atom is 0.338 e. The first-order valence-electron chi connectivity index (χ1n) is 6.77. The van der Waals surface area contributed by atoms with E-state index in [1.165, 1.54) is 12.7 Å². The Morgan fingerprint density at radius 1 is 1.24 bits per heavy atom. The fourth-order valence-electron chi connectivity index (χ4n) is 2.14. The third-order valence-electron chi connectivity index (χ3n) is 3.37. The van der Waals surface area contributed by atoms with Gasteiger partial charge in [-0.2, -0.15) is 0 Å². The summed E-state index contributed by atoms with van der Waals surface area (Å²) >= 11 is 3.48. The van der Waals surface area contributed by atoms with E-state index >= 15 is 0 Å². The first-order valence-corrected chi connectivity index (χ1v) is 7.56. The lowest BCUT2D eigenvalue weighted by molar-refractivity contribution is 0.0599. The molecule has 0 spiro atoms. The summed E-state index contributed by atoms with van der Waals surface area (Å²) < 4.78 is 5.87. The molecule has 3 nitrogen and oxygen atoms in total. The predicted octanol–water partition coefficient (Wildman–Crippen LogP) is 4.09. The zero-order valence-electron chi connectivity index (χ0n) is 12.1. The number of hydrogen-bond acceptors (Lipinski definition) is 3. The summed E-state index contributed by atoms with van der Waals surface area (Å²) in [5.74, 6) is -0.303. The van der Waals surface area contributed by atoms with Crippen molar-refractivity contribution < 1.29 is 9.53 Å². The van der Waals surface area contributed by atoms with Crippen molar-refractivity contribution in [1.82, 2.24) is 5.32 Å². The molecule has 0 heterocycles. The molecule has 2 aromatic rings. The van der Waals surface area contributed by atoms with Gasteiger partial charge in [0, 0.05) is 17.1 Å². The van der Waals surface area contributed by atoms with Crippen molar-refractivity contribution in [3.05, 3.63) is 69.7 Å². The first kappa shape index (κ1) is 15.7. The third kappa shape index (κ3) is 4.16. The minimum Gasteiger partial charge on any atom is -0.465 e. The maximum absolute atomic E-state index is 11.7. The summed E-state index contributed by atoms with van der Waals surface area (Å²) in [7, 11) is 1.40. The Morgan fingerprint density at radius 2 is 2.00 bits per heavy atom. The van der Waals surface area contributed by atoms with Gasteiger partial charge in [0.25, 0.3) is 0 Å². The van der Waals surface area contributed by atoms with Crippen LogP contribution in [0.4, 0.5) is 0 Å². The highest BCUT2D eigenvalue weighted by atomic mass is 79.9. The topological polar surface area (TPSA) is 38.3 Å². The van der Waals surface area contributed by atoms with Gasteiger partial charge in [0.15, 0.2) is 0 Å². The third-order valence-corrected chi connectivity index (χ3v) is 3.86. The molecule has 0 radical (unpaired) electrons. The van der Waals surface area contributed by atoms with Crippen LogP contribution in [0.2, 0.25) is 0 Å². The normalized spacial score (nSPS) is 12.0. The number of benzene rings is 2. The highest BCUT2D eigenvalue weighted by Gasteiger charge is 2.12. The second kappa shape index (κ2) is 7.38. The summed E-state index contributed by atoms with van der Waals surface area (Å²) in [5, 5.41) is 3.43. The van der Waals surface area contributed by atoms with Gasteiger partial charge in [0.1, 0.15) is 0 Å². The fourth-order valence-corrected chi connectivity index (χ4v) is 2.56. The molecule has 1 unspecified atom stereocenters. The molecule has 0 aliphatic carbocycles. The number of nitrogens with one attached hydrogen (secondary N) is 1. The lowest BCUT2D eigenvalue weighted by Gasteiger charge is -2.16. The Morgan fingerprint density at radius 3 is 2.71 bits per heavy atom. The van der Waals surface area contributed by atoms with Crippen LogP contribution in [0.3, 0.4) is 0 Å². The smallest absolute Gasteiger partial charge is 0.338 e. The number of methoxy groups -OCH3 is 1. The van der Waals surface area contributed by atoms with E-state index in [9.17, 15) is 4.79 Å². The Labute approximate surface area is 133 Å². The van der Waals surface area contributed by atoms with Crippen LogP contribution >= 0.6 is 15.9 Å². The molecule has 0 amide bonds. The van der Waals surface area contributed by atoms with Crippen LogP contribution in [-0.4, -0.2) is 13.1 Å². The largest absolute Gasteiger partial charge is 0.465 e. The highest BCUT2D eigenvalue weighted by Crippen LogP contribution is 2.19. The average molecular weight is 348 g/mol. The van der Waals surface area contributed by atoms with Crippen LogP contribution in [0.1, 0.15) is 34.5 Å². The molecule has 0 saturated carbocycles. The van der Waals surface area contributed by atoms with Gasteiger partial charge in [0.2, 0.25) is 0 Å². The Hall–Kier alpha value is -1.65. The van der Waals surface area contributed by atoms with Crippen molar-refractivity contribution in [1.29, 1.82) is 0 Å². The molecule has 110 valence electrons. The van der Waals surface area contributed by atoms with E-state index in [1.54, 1.807) is 6.07 Å². The molecule has 2 aromatic carbocycles. The van der Waals surface area contributed by atoms with E-state index in [-0.39, 0.29) is 12.0 Å². The quantitative estimate of drug-likeness (QED) is 0.828. The monoisotopic (exact) mass is 347 g/mol. The van der Waals surface area contributed by atoms with Gasteiger partial charge in [-0.1, -0.05) is 46.3 Å². The Bertz CT molecular complexity index is 628. The Balaban J connectivity index is 2.08. The summed E-state index contributed by atoms with van der Waals surface area (Å²) in [6.07, 6.45) is 0. The molecule has 2 rings (SSSR count). The van der Waals surface area contributed by atoms with Crippen molar-refractivity contribution in [2.45, 2.75) is 19.5 Å². The van der Waals surface area contributed by atoms with E-state index in [1.807, 2.05) is 30.3 Å². The van der Waals surface area contributed by atoms with Crippen molar-refractivity contribution in [3.63, 3.8) is 0 Å². The lowest BCUT2D eigenvalue weighted by Crippen LogP contribution is -2.20. The number of ether oxygens (including phenoxy) is 1. The number of esters is 1. The minimum absolute atomic E-state index is 0.188. The van der Waals surface area contributed by atoms with Gasteiger partial charge in [0.05, 0.1) is 12.7 Å². The van der Waals surface area contributed by atoms with Gasteiger partial charge in [-0.3, -0.25) is 0 Å². The number of hydrogen-bond donors (Lipinski definition) is 1. The van der Waals surface area contributed by atoms with Crippen LogP contribution < -0.4 is 5.32 Å². The number of carbonyl (C=O) groups is 1. The molecular formula is C17H18BrNO2. The molecule has 0 bridgehead atoms. The van der Waals surface area contributed by atoms with Crippen LogP contribution in [0.5, 0.6) is 0 Å². The number of carbonyl (C=O) groups excluding carboxylic acids is 1. The van der Waals surface area contributed by atoms with Gasteiger partial charge >= 0.3 is 5.97 Å². The molecule has 21 heavy (non-hydrogen) atoms. The van der Waals surface area contributed by atoms with E-state index in [0.717, 1.165) is 10.0 Å². The summed E-state index contributed by atoms with van der Waals surface area (Å²) in [5.41, 5.74) is 2.74. The average Bonchev–Trinajstić information content (AvgIpc) is 2.52. The van der Waals surface area contributed by atoms with Gasteiger partial charge in [-0.15, -0.1) is 0 Å². The molecular weight excluding hydrogens is 330 g/mol. The first-order chi connectivity index (χ1) is 10.1. The summed E-state index contributed by atoms with van der Waals surface area (Å²) in [4.78, 5) is 11.7. The van der Waals surface area contributed by atoms with Crippen molar-refractivity contribution >= 4 is 21.9 Å². The molecule has 4 heteroatoms. The molecule has 1 atom stereocenters. The zero-order valence-corrected chi connectivity index (χ0v) is 13.7. The van der Waals surface area contributed by atoms with Crippen LogP contribution in [0, 0.1) is 0 Å². The van der Waals surface area contributed by atoms with Crippen molar-refractivity contribution in [3.8, 4) is 0 Å². The van der Waals surface area contributed by atoms with E-state index in [0.29, 0.717) is 12.1 Å². The molecule has 0 fully saturated rings. The van der Waals surface area contributed by atoms with Crippen LogP contribution in [-0.2, 0) is 11.3 Å². The fraction of sp³-hybridized carbons (Fsp3) is 0.235. The highest BCUT2D eigenvalue weighted by molar-refractivity contribution is 9.10. The zero-order chi connectivity index (χ0) is 15.2. The molecule has 0 saturated heterocycles. The van der Waals surface area contributed by atoms with E-state index in [4.69, 9.17) is 4.74 Å². The van der Waals surface area contributed by atoms with Gasteiger partial charge in [-0.25, -0.2) is 4.79 Å². The minimum atomic E-state index is -0.303. The molecule has 0 aliphatic heterocycles.